The van der Waals surface area contributed by atoms with Gasteiger partial charge in [0.05, 0.1) is 12.2 Å². The standard InChI is InChI=1S/C8H12N2/c1-3-5-10-6-4-9-8(2)7-10/h3-5,7H,6H2,1-2H3/b5-3-. The summed E-state index contributed by atoms with van der Waals surface area (Å²) < 4.78 is 0. The Labute approximate surface area is 61.6 Å². The highest BCUT2D eigenvalue weighted by Gasteiger charge is 1.97. The van der Waals surface area contributed by atoms with E-state index in [2.05, 4.69) is 9.89 Å². The minimum absolute atomic E-state index is 0.891. The van der Waals surface area contributed by atoms with E-state index in [-0.39, 0.29) is 0 Å². The van der Waals surface area contributed by atoms with Crippen molar-refractivity contribution in [2.45, 2.75) is 13.8 Å². The first-order valence-corrected chi connectivity index (χ1v) is 3.42. The second kappa shape index (κ2) is 3.20. The average molecular weight is 136 g/mol. The van der Waals surface area contributed by atoms with E-state index in [0.717, 1.165) is 12.2 Å². The van der Waals surface area contributed by atoms with Gasteiger partial charge in [-0.25, -0.2) is 0 Å². The van der Waals surface area contributed by atoms with Crippen molar-refractivity contribution in [3.8, 4) is 0 Å². The van der Waals surface area contributed by atoms with Crippen LogP contribution in [-0.2, 0) is 0 Å². The molecule has 0 aromatic heterocycles. The first-order valence-electron chi connectivity index (χ1n) is 3.42. The van der Waals surface area contributed by atoms with Gasteiger partial charge in [0.15, 0.2) is 0 Å². The molecule has 1 rings (SSSR count). The molecule has 0 N–H and O–H groups in total. The largest absolute Gasteiger partial charge is 0.347 e. The van der Waals surface area contributed by atoms with Gasteiger partial charge in [-0.1, -0.05) is 6.08 Å². The van der Waals surface area contributed by atoms with Crippen molar-refractivity contribution in [1.82, 2.24) is 4.90 Å². The van der Waals surface area contributed by atoms with Gasteiger partial charge in [0, 0.05) is 12.4 Å². The van der Waals surface area contributed by atoms with Crippen LogP contribution in [0.15, 0.2) is 29.2 Å². The average Bonchev–Trinajstić information content (AvgIpc) is 1.88. The quantitative estimate of drug-likeness (QED) is 0.536. The molecule has 0 bridgehead atoms. The van der Waals surface area contributed by atoms with Gasteiger partial charge in [-0.15, -0.1) is 0 Å². The summed E-state index contributed by atoms with van der Waals surface area (Å²) in [4.78, 5) is 6.22. The number of hydrogen-bond donors (Lipinski definition) is 0. The van der Waals surface area contributed by atoms with E-state index in [0.29, 0.717) is 0 Å². The Morgan fingerprint density at radius 3 is 3.10 bits per heavy atom. The maximum Gasteiger partial charge on any atom is 0.0573 e. The van der Waals surface area contributed by atoms with E-state index < -0.39 is 0 Å². The summed E-state index contributed by atoms with van der Waals surface area (Å²) >= 11 is 0. The van der Waals surface area contributed by atoms with E-state index in [1.807, 2.05) is 38.5 Å². The van der Waals surface area contributed by atoms with Gasteiger partial charge in [-0.05, 0) is 20.0 Å². The molecule has 1 aliphatic rings. The van der Waals surface area contributed by atoms with Crippen LogP contribution in [0, 0.1) is 0 Å². The molecule has 0 amide bonds. The fourth-order valence-corrected chi connectivity index (χ4v) is 0.900. The molecule has 0 fully saturated rings. The van der Waals surface area contributed by atoms with Crippen molar-refractivity contribution < 1.29 is 0 Å². The minimum Gasteiger partial charge on any atom is -0.347 e. The Morgan fingerprint density at radius 2 is 2.50 bits per heavy atom. The SMILES string of the molecule is C/C=C\N1C=C(C)N=CC1. The van der Waals surface area contributed by atoms with Gasteiger partial charge in [-0.3, -0.25) is 4.99 Å². The Morgan fingerprint density at radius 1 is 1.70 bits per heavy atom. The number of aliphatic imine (C=N–C) groups is 1. The highest BCUT2D eigenvalue weighted by atomic mass is 15.1. The third-order valence-electron chi connectivity index (χ3n) is 1.28. The number of rotatable bonds is 1. The van der Waals surface area contributed by atoms with Crippen molar-refractivity contribution in [1.29, 1.82) is 0 Å². The van der Waals surface area contributed by atoms with Crippen molar-refractivity contribution in [2.75, 3.05) is 6.54 Å². The van der Waals surface area contributed by atoms with Crippen LogP contribution in [0.25, 0.3) is 0 Å². The minimum atomic E-state index is 0.891. The van der Waals surface area contributed by atoms with Crippen molar-refractivity contribution in [2.24, 2.45) is 4.99 Å². The smallest absolute Gasteiger partial charge is 0.0573 e. The normalized spacial score (nSPS) is 18.2. The fourth-order valence-electron chi connectivity index (χ4n) is 0.900. The lowest BCUT2D eigenvalue weighted by Gasteiger charge is -2.15. The summed E-state index contributed by atoms with van der Waals surface area (Å²) in [5.41, 5.74) is 1.06. The molecule has 0 saturated carbocycles. The predicted molar refractivity (Wildman–Crippen MR) is 43.8 cm³/mol. The second-order valence-corrected chi connectivity index (χ2v) is 2.26. The molecular formula is C8H12N2. The van der Waals surface area contributed by atoms with Crippen LogP contribution in [0.4, 0.5) is 0 Å². The van der Waals surface area contributed by atoms with E-state index >= 15 is 0 Å². The number of hydrogen-bond acceptors (Lipinski definition) is 2. The predicted octanol–water partition coefficient (Wildman–Crippen LogP) is 1.77. The zero-order valence-electron chi connectivity index (χ0n) is 6.41. The van der Waals surface area contributed by atoms with E-state index in [1.165, 1.54) is 0 Å². The molecule has 0 saturated heterocycles. The summed E-state index contributed by atoms with van der Waals surface area (Å²) in [7, 11) is 0. The van der Waals surface area contributed by atoms with Crippen molar-refractivity contribution in [3.63, 3.8) is 0 Å². The van der Waals surface area contributed by atoms with E-state index in [9.17, 15) is 0 Å². The van der Waals surface area contributed by atoms with Gasteiger partial charge in [0.25, 0.3) is 0 Å². The molecule has 2 nitrogen and oxygen atoms in total. The molecule has 0 aliphatic carbocycles. The first-order chi connectivity index (χ1) is 4.83. The maximum atomic E-state index is 4.12. The molecule has 54 valence electrons. The topological polar surface area (TPSA) is 15.6 Å². The lowest BCUT2D eigenvalue weighted by Crippen LogP contribution is -2.15. The van der Waals surface area contributed by atoms with Gasteiger partial charge >= 0.3 is 0 Å². The Balaban J connectivity index is 2.59. The Bertz CT molecular complexity index is 189. The molecule has 0 spiro atoms. The molecular weight excluding hydrogens is 124 g/mol. The van der Waals surface area contributed by atoms with Gasteiger partial charge < -0.3 is 4.90 Å². The molecule has 10 heavy (non-hydrogen) atoms. The maximum absolute atomic E-state index is 4.12. The van der Waals surface area contributed by atoms with Crippen molar-refractivity contribution >= 4 is 6.21 Å². The molecule has 1 aliphatic heterocycles. The molecule has 0 aromatic carbocycles. The van der Waals surface area contributed by atoms with Crippen LogP contribution < -0.4 is 0 Å². The van der Waals surface area contributed by atoms with Crippen LogP contribution in [0.1, 0.15) is 13.8 Å². The summed E-state index contributed by atoms with van der Waals surface area (Å²) in [5.74, 6) is 0. The zero-order chi connectivity index (χ0) is 7.40. The van der Waals surface area contributed by atoms with E-state index in [4.69, 9.17) is 0 Å². The lowest BCUT2D eigenvalue weighted by molar-refractivity contribution is 0.571. The van der Waals surface area contributed by atoms with Crippen LogP contribution in [0.3, 0.4) is 0 Å². The second-order valence-electron chi connectivity index (χ2n) is 2.26. The van der Waals surface area contributed by atoms with Crippen LogP contribution in [0.2, 0.25) is 0 Å². The van der Waals surface area contributed by atoms with Crippen LogP contribution >= 0.6 is 0 Å². The molecule has 0 aromatic rings. The van der Waals surface area contributed by atoms with Gasteiger partial charge in [-0.2, -0.15) is 0 Å². The summed E-state index contributed by atoms with van der Waals surface area (Å²) in [5, 5.41) is 0. The first kappa shape index (κ1) is 7.06. The molecule has 0 atom stereocenters. The van der Waals surface area contributed by atoms with Crippen LogP contribution in [-0.4, -0.2) is 17.7 Å². The zero-order valence-corrected chi connectivity index (χ0v) is 6.41. The number of nitrogens with zero attached hydrogens (tertiary/aromatic N) is 2. The number of allylic oxidation sites excluding steroid dienone is 2. The third kappa shape index (κ3) is 1.72. The molecule has 2 heteroatoms. The third-order valence-corrected chi connectivity index (χ3v) is 1.28. The van der Waals surface area contributed by atoms with Gasteiger partial charge in [0.1, 0.15) is 0 Å². The lowest BCUT2D eigenvalue weighted by atomic mass is 10.4. The molecule has 1 heterocycles. The fraction of sp³-hybridized carbons (Fsp3) is 0.375. The monoisotopic (exact) mass is 136 g/mol. The highest BCUT2D eigenvalue weighted by molar-refractivity contribution is 5.63. The highest BCUT2D eigenvalue weighted by Crippen LogP contribution is 2.03. The molecule has 0 unspecified atom stereocenters. The van der Waals surface area contributed by atoms with E-state index in [1.54, 1.807) is 0 Å². The van der Waals surface area contributed by atoms with Crippen molar-refractivity contribution in [3.05, 3.63) is 24.2 Å². The Hall–Kier alpha value is -1.05. The van der Waals surface area contributed by atoms with Gasteiger partial charge in [0.2, 0.25) is 0 Å². The molecule has 0 radical (unpaired) electrons. The summed E-state index contributed by atoms with van der Waals surface area (Å²) in [6, 6.07) is 0. The summed E-state index contributed by atoms with van der Waals surface area (Å²) in [6.07, 6.45) is 7.99. The van der Waals surface area contributed by atoms with Crippen LogP contribution in [0.5, 0.6) is 0 Å². The Kier molecular flexibility index (Phi) is 2.26. The summed E-state index contributed by atoms with van der Waals surface area (Å²) in [6.45, 7) is 4.89.